The van der Waals surface area contributed by atoms with Gasteiger partial charge in [0.05, 0.1) is 33.0 Å². The monoisotopic (exact) mass is 382 g/mol. The summed E-state index contributed by atoms with van der Waals surface area (Å²) < 4.78 is 16.0. The van der Waals surface area contributed by atoms with E-state index in [1.165, 1.54) is 44.1 Å². The van der Waals surface area contributed by atoms with Crippen LogP contribution in [0.15, 0.2) is 24.3 Å². The van der Waals surface area contributed by atoms with E-state index in [0.29, 0.717) is 39.6 Å². The lowest BCUT2D eigenvalue weighted by Gasteiger charge is -2.10. The SMILES string of the molecule is CCCCCCCCc1ccccc1OOCCOCCOCCOCC. The van der Waals surface area contributed by atoms with Gasteiger partial charge in [0, 0.05) is 6.61 Å². The summed E-state index contributed by atoms with van der Waals surface area (Å²) in [6.07, 6.45) is 8.79. The molecule has 5 heteroatoms. The fourth-order valence-corrected chi connectivity index (χ4v) is 2.67. The Balaban J connectivity index is 2.04. The minimum absolute atomic E-state index is 0.393. The van der Waals surface area contributed by atoms with Gasteiger partial charge in [-0.1, -0.05) is 57.2 Å². The standard InChI is InChI=1S/C22H38O5/c1-3-5-6-7-8-9-12-21-13-10-11-14-22(21)27-26-20-19-25-18-17-24-16-15-23-4-2/h10-11,13-14H,3-9,12,15-20H2,1-2H3. The zero-order valence-electron chi connectivity index (χ0n) is 17.3. The second-order valence-electron chi connectivity index (χ2n) is 6.45. The fourth-order valence-electron chi connectivity index (χ4n) is 2.67. The topological polar surface area (TPSA) is 46.2 Å². The summed E-state index contributed by atoms with van der Waals surface area (Å²) in [7, 11) is 0. The molecular formula is C22H38O5. The van der Waals surface area contributed by atoms with Crippen molar-refractivity contribution in [3.05, 3.63) is 29.8 Å². The Morgan fingerprint density at radius 3 is 2.04 bits per heavy atom. The van der Waals surface area contributed by atoms with Gasteiger partial charge in [-0.25, -0.2) is 0 Å². The van der Waals surface area contributed by atoms with Crippen LogP contribution in [0.5, 0.6) is 5.75 Å². The minimum Gasteiger partial charge on any atom is -0.379 e. The van der Waals surface area contributed by atoms with Crippen LogP contribution < -0.4 is 4.89 Å². The highest BCUT2D eigenvalue weighted by atomic mass is 17.2. The summed E-state index contributed by atoms with van der Waals surface area (Å²) in [5.74, 6) is 0.810. The quantitative estimate of drug-likeness (QED) is 0.192. The van der Waals surface area contributed by atoms with Gasteiger partial charge in [0.15, 0.2) is 5.75 Å². The van der Waals surface area contributed by atoms with E-state index in [9.17, 15) is 0 Å². The molecule has 0 radical (unpaired) electrons. The highest BCUT2D eigenvalue weighted by molar-refractivity contribution is 5.32. The Morgan fingerprint density at radius 2 is 1.30 bits per heavy atom. The molecule has 0 unspecified atom stereocenters. The summed E-state index contributed by atoms with van der Waals surface area (Å²) in [5, 5.41) is 0. The maximum atomic E-state index is 5.48. The van der Waals surface area contributed by atoms with E-state index in [2.05, 4.69) is 13.0 Å². The molecule has 27 heavy (non-hydrogen) atoms. The lowest BCUT2D eigenvalue weighted by Crippen LogP contribution is -2.12. The average Bonchev–Trinajstić information content (AvgIpc) is 2.69. The number of aryl methyl sites for hydroxylation is 1. The van der Waals surface area contributed by atoms with Crippen LogP contribution in [0.25, 0.3) is 0 Å². The minimum atomic E-state index is 0.393. The van der Waals surface area contributed by atoms with Gasteiger partial charge >= 0.3 is 0 Å². The van der Waals surface area contributed by atoms with E-state index in [4.69, 9.17) is 24.0 Å². The fraction of sp³-hybridized carbons (Fsp3) is 0.727. The summed E-state index contributed by atoms with van der Waals surface area (Å²) >= 11 is 0. The molecule has 0 spiro atoms. The summed E-state index contributed by atoms with van der Waals surface area (Å²) in [6, 6.07) is 8.09. The third kappa shape index (κ3) is 13.6. The Morgan fingerprint density at radius 1 is 0.667 bits per heavy atom. The van der Waals surface area contributed by atoms with E-state index in [0.717, 1.165) is 18.8 Å². The van der Waals surface area contributed by atoms with Crippen molar-refractivity contribution in [2.75, 3.05) is 46.2 Å². The number of hydrogen-bond donors (Lipinski definition) is 0. The molecule has 1 rings (SSSR count). The maximum Gasteiger partial charge on any atom is 0.168 e. The predicted molar refractivity (Wildman–Crippen MR) is 108 cm³/mol. The van der Waals surface area contributed by atoms with Crippen molar-refractivity contribution in [2.24, 2.45) is 0 Å². The largest absolute Gasteiger partial charge is 0.379 e. The summed E-state index contributed by atoms with van der Waals surface area (Å²) in [5.41, 5.74) is 1.21. The first kappa shape index (κ1) is 23.9. The van der Waals surface area contributed by atoms with E-state index in [1.807, 2.05) is 25.1 Å². The van der Waals surface area contributed by atoms with Crippen molar-refractivity contribution in [3.63, 3.8) is 0 Å². The van der Waals surface area contributed by atoms with Gasteiger partial charge in [0.2, 0.25) is 0 Å². The molecule has 0 heterocycles. The van der Waals surface area contributed by atoms with Gasteiger partial charge in [-0.05, 0) is 31.4 Å². The first-order chi connectivity index (χ1) is 13.4. The molecule has 0 aliphatic rings. The van der Waals surface area contributed by atoms with Gasteiger partial charge in [-0.2, -0.15) is 4.89 Å². The number of benzene rings is 1. The molecular weight excluding hydrogens is 344 g/mol. The van der Waals surface area contributed by atoms with Gasteiger partial charge in [0.1, 0.15) is 6.61 Å². The number of unbranched alkanes of at least 4 members (excludes halogenated alkanes) is 5. The molecule has 0 aliphatic carbocycles. The van der Waals surface area contributed by atoms with Gasteiger partial charge in [-0.3, -0.25) is 0 Å². The molecule has 0 bridgehead atoms. The molecule has 1 aromatic rings. The van der Waals surface area contributed by atoms with Gasteiger partial charge < -0.3 is 19.1 Å². The van der Waals surface area contributed by atoms with Gasteiger partial charge in [0.25, 0.3) is 0 Å². The van der Waals surface area contributed by atoms with Gasteiger partial charge in [-0.15, -0.1) is 0 Å². The Hall–Kier alpha value is -1.14. The third-order valence-corrected chi connectivity index (χ3v) is 4.18. The zero-order valence-corrected chi connectivity index (χ0v) is 17.3. The van der Waals surface area contributed by atoms with E-state index in [1.54, 1.807) is 0 Å². The highest BCUT2D eigenvalue weighted by Crippen LogP contribution is 2.21. The molecule has 0 aliphatic heterocycles. The van der Waals surface area contributed by atoms with Crippen molar-refractivity contribution in [1.82, 2.24) is 0 Å². The number of para-hydroxylation sites is 1. The number of rotatable bonds is 19. The number of ether oxygens (including phenoxy) is 3. The van der Waals surface area contributed by atoms with Crippen molar-refractivity contribution >= 4 is 0 Å². The van der Waals surface area contributed by atoms with Crippen LogP contribution in [-0.4, -0.2) is 46.2 Å². The van der Waals surface area contributed by atoms with Crippen molar-refractivity contribution in [2.45, 2.75) is 58.8 Å². The maximum absolute atomic E-state index is 5.48. The Kier molecular flexibility index (Phi) is 16.1. The first-order valence-electron chi connectivity index (χ1n) is 10.5. The molecule has 0 saturated carbocycles. The predicted octanol–water partition coefficient (Wildman–Crippen LogP) is 4.97. The molecule has 0 amide bonds. The van der Waals surface area contributed by atoms with Crippen LogP contribution in [0, 0.1) is 0 Å². The second kappa shape index (κ2) is 18.2. The van der Waals surface area contributed by atoms with E-state index in [-0.39, 0.29) is 0 Å². The second-order valence-corrected chi connectivity index (χ2v) is 6.45. The van der Waals surface area contributed by atoms with Crippen molar-refractivity contribution < 1.29 is 24.0 Å². The Bertz CT molecular complexity index is 438. The third-order valence-electron chi connectivity index (χ3n) is 4.18. The highest BCUT2D eigenvalue weighted by Gasteiger charge is 2.04. The van der Waals surface area contributed by atoms with Crippen LogP contribution >= 0.6 is 0 Å². The lowest BCUT2D eigenvalue weighted by atomic mass is 10.0. The first-order valence-corrected chi connectivity index (χ1v) is 10.5. The number of hydrogen-bond acceptors (Lipinski definition) is 5. The Labute approximate surface area is 165 Å². The normalized spacial score (nSPS) is 11.0. The molecule has 0 N–H and O–H groups in total. The van der Waals surface area contributed by atoms with Crippen LogP contribution in [0.3, 0.4) is 0 Å². The van der Waals surface area contributed by atoms with Crippen LogP contribution in [0.1, 0.15) is 57.9 Å². The van der Waals surface area contributed by atoms with Crippen molar-refractivity contribution in [3.8, 4) is 5.75 Å². The lowest BCUT2D eigenvalue weighted by molar-refractivity contribution is -0.216. The molecule has 0 atom stereocenters. The smallest absolute Gasteiger partial charge is 0.168 e. The average molecular weight is 383 g/mol. The van der Waals surface area contributed by atoms with Crippen molar-refractivity contribution in [1.29, 1.82) is 0 Å². The molecule has 156 valence electrons. The van der Waals surface area contributed by atoms with Crippen LogP contribution in [0.2, 0.25) is 0 Å². The zero-order chi connectivity index (χ0) is 19.4. The summed E-state index contributed by atoms with van der Waals surface area (Å²) in [4.78, 5) is 10.8. The van der Waals surface area contributed by atoms with Crippen LogP contribution in [0.4, 0.5) is 0 Å². The van der Waals surface area contributed by atoms with E-state index < -0.39 is 0 Å². The van der Waals surface area contributed by atoms with Crippen LogP contribution in [-0.2, 0) is 25.5 Å². The molecule has 1 aromatic carbocycles. The molecule has 0 fully saturated rings. The molecule has 0 aromatic heterocycles. The molecule has 0 saturated heterocycles. The summed E-state index contributed by atoms with van der Waals surface area (Å²) in [6.45, 7) is 8.16. The van der Waals surface area contributed by atoms with E-state index >= 15 is 0 Å². The molecule has 5 nitrogen and oxygen atoms in total.